The predicted octanol–water partition coefficient (Wildman–Crippen LogP) is 0.0106. The van der Waals surface area contributed by atoms with Gasteiger partial charge in [0.2, 0.25) is 11.8 Å². The van der Waals surface area contributed by atoms with Crippen LogP contribution in [0.25, 0.3) is 0 Å². The summed E-state index contributed by atoms with van der Waals surface area (Å²) in [7, 11) is 0. The third-order valence-corrected chi connectivity index (χ3v) is 3.57. The summed E-state index contributed by atoms with van der Waals surface area (Å²) < 4.78 is 12.9. The Morgan fingerprint density at radius 2 is 2.38 bits per heavy atom. The Hall–Kier alpha value is -2.87. The van der Waals surface area contributed by atoms with Gasteiger partial charge < -0.3 is 20.2 Å². The molecule has 8 nitrogen and oxygen atoms in total. The van der Waals surface area contributed by atoms with E-state index in [1.54, 1.807) is 17.1 Å². The van der Waals surface area contributed by atoms with Gasteiger partial charge in [-0.1, -0.05) is 6.07 Å². The van der Waals surface area contributed by atoms with E-state index in [-0.39, 0.29) is 17.8 Å². The van der Waals surface area contributed by atoms with Crippen LogP contribution in [0.4, 0.5) is 0 Å². The van der Waals surface area contributed by atoms with E-state index in [2.05, 4.69) is 15.7 Å². The van der Waals surface area contributed by atoms with E-state index in [0.717, 1.165) is 5.69 Å². The average Bonchev–Trinajstić information content (AvgIpc) is 2.58. The van der Waals surface area contributed by atoms with Crippen LogP contribution in [0.15, 0.2) is 41.5 Å². The number of nitrogens with zero attached hydrogens (tertiary/aromatic N) is 2. The molecule has 0 aromatic carbocycles. The zero-order chi connectivity index (χ0) is 16.8. The van der Waals surface area contributed by atoms with Crippen LogP contribution < -0.4 is 20.9 Å². The summed E-state index contributed by atoms with van der Waals surface area (Å²) in [6, 6.07) is 6.93. The highest BCUT2D eigenvalue weighted by molar-refractivity contribution is 5.47. The van der Waals surface area contributed by atoms with Gasteiger partial charge in [-0.15, -0.1) is 0 Å². The number of amides is 1. The number of rotatable bonds is 5. The molecule has 0 aliphatic carbocycles. The van der Waals surface area contributed by atoms with E-state index in [0.29, 0.717) is 31.7 Å². The molecule has 1 unspecified atom stereocenters. The van der Waals surface area contributed by atoms with Crippen molar-refractivity contribution in [1.29, 1.82) is 0 Å². The fraction of sp³-hybridized carbons (Fsp3) is 0.312. The zero-order valence-electron chi connectivity index (χ0n) is 13.0. The molecule has 2 aromatic rings. The monoisotopic (exact) mass is 330 g/mol. The lowest BCUT2D eigenvalue weighted by Crippen LogP contribution is -2.46. The van der Waals surface area contributed by atoms with Crippen LogP contribution in [-0.2, 0) is 22.6 Å². The molecule has 0 saturated heterocycles. The van der Waals surface area contributed by atoms with Crippen LogP contribution >= 0.6 is 0 Å². The van der Waals surface area contributed by atoms with Crippen molar-refractivity contribution in [1.82, 2.24) is 15.0 Å². The Morgan fingerprint density at radius 1 is 1.46 bits per heavy atom. The van der Waals surface area contributed by atoms with E-state index in [4.69, 9.17) is 9.47 Å². The van der Waals surface area contributed by atoms with Crippen molar-refractivity contribution in [3.05, 3.63) is 58.3 Å². The summed E-state index contributed by atoms with van der Waals surface area (Å²) in [4.78, 5) is 27.1. The smallest absolute Gasteiger partial charge is 0.223 e. The highest BCUT2D eigenvalue weighted by Gasteiger charge is 2.18. The van der Waals surface area contributed by atoms with Gasteiger partial charge in [-0.05, 0) is 12.1 Å². The van der Waals surface area contributed by atoms with Gasteiger partial charge in [-0.25, -0.2) is 0 Å². The molecule has 1 amide bonds. The first kappa shape index (κ1) is 16.0. The highest BCUT2D eigenvalue weighted by atomic mass is 16.5. The van der Waals surface area contributed by atoms with Gasteiger partial charge in [0, 0.05) is 24.9 Å². The standard InChI is InChI=1S/C16H18N4O4/c21-11-18-15-10-23-8-5-13-16(14(22)4-7-20(13)19-15)24-9-12-3-1-2-6-17-12/h1-4,6-7,11,15,19H,5,8-10H2,(H,18,21). The highest BCUT2D eigenvalue weighted by Crippen LogP contribution is 2.16. The van der Waals surface area contributed by atoms with E-state index in [1.807, 2.05) is 18.2 Å². The normalized spacial score (nSPS) is 16.9. The van der Waals surface area contributed by atoms with Crippen molar-refractivity contribution in [2.24, 2.45) is 0 Å². The second-order valence-corrected chi connectivity index (χ2v) is 5.23. The van der Waals surface area contributed by atoms with Crippen molar-refractivity contribution >= 4 is 6.41 Å². The van der Waals surface area contributed by atoms with Crippen LogP contribution in [0.3, 0.4) is 0 Å². The van der Waals surface area contributed by atoms with Crippen LogP contribution in [0, 0.1) is 0 Å². The minimum atomic E-state index is -0.396. The first-order valence-electron chi connectivity index (χ1n) is 7.59. The Balaban J connectivity index is 1.86. The number of hydrogen-bond acceptors (Lipinski definition) is 6. The lowest BCUT2D eigenvalue weighted by atomic mass is 10.2. The summed E-state index contributed by atoms with van der Waals surface area (Å²) in [5, 5.41) is 2.62. The lowest BCUT2D eigenvalue weighted by molar-refractivity contribution is -0.110. The first-order chi connectivity index (χ1) is 11.8. The van der Waals surface area contributed by atoms with Gasteiger partial charge in [0.15, 0.2) is 5.75 Å². The molecule has 24 heavy (non-hydrogen) atoms. The molecule has 2 aromatic heterocycles. The van der Waals surface area contributed by atoms with Gasteiger partial charge in [-0.3, -0.25) is 19.2 Å². The van der Waals surface area contributed by atoms with Crippen molar-refractivity contribution in [3.8, 4) is 5.75 Å². The average molecular weight is 330 g/mol. The number of carbonyl (C=O) groups is 1. The Morgan fingerprint density at radius 3 is 3.17 bits per heavy atom. The maximum atomic E-state index is 12.2. The molecule has 2 N–H and O–H groups in total. The summed E-state index contributed by atoms with van der Waals surface area (Å²) in [6.45, 7) is 0.945. The number of fused-ring (bicyclic) bond motifs is 1. The maximum absolute atomic E-state index is 12.2. The third kappa shape index (κ3) is 3.72. The molecular formula is C16H18N4O4. The van der Waals surface area contributed by atoms with Gasteiger partial charge in [0.25, 0.3) is 0 Å². The summed E-state index contributed by atoms with van der Waals surface area (Å²) in [6.07, 6.45) is 4.01. The number of aromatic nitrogens is 2. The van der Waals surface area contributed by atoms with Gasteiger partial charge in [0.1, 0.15) is 12.8 Å². The molecule has 3 rings (SSSR count). The third-order valence-electron chi connectivity index (χ3n) is 3.57. The number of hydrogen-bond donors (Lipinski definition) is 2. The lowest BCUT2D eigenvalue weighted by Gasteiger charge is -2.27. The maximum Gasteiger partial charge on any atom is 0.223 e. The van der Waals surface area contributed by atoms with Gasteiger partial charge in [0.05, 0.1) is 24.6 Å². The van der Waals surface area contributed by atoms with Gasteiger partial charge in [-0.2, -0.15) is 0 Å². The number of ether oxygens (including phenoxy) is 2. The molecule has 1 atom stereocenters. The Bertz CT molecular complexity index is 747. The minimum Gasteiger partial charge on any atom is -0.481 e. The van der Waals surface area contributed by atoms with Crippen molar-refractivity contribution in [3.63, 3.8) is 0 Å². The molecule has 1 aliphatic heterocycles. The Kier molecular flexibility index (Phi) is 5.07. The molecule has 0 spiro atoms. The van der Waals surface area contributed by atoms with Crippen molar-refractivity contribution in [2.45, 2.75) is 19.2 Å². The van der Waals surface area contributed by atoms with Crippen molar-refractivity contribution in [2.75, 3.05) is 18.6 Å². The van der Waals surface area contributed by atoms with Crippen LogP contribution in [0.5, 0.6) is 5.75 Å². The topological polar surface area (TPSA) is 94.5 Å². The molecule has 0 radical (unpaired) electrons. The molecule has 0 bridgehead atoms. The molecule has 0 fully saturated rings. The largest absolute Gasteiger partial charge is 0.481 e. The quantitative estimate of drug-likeness (QED) is 0.750. The van der Waals surface area contributed by atoms with Crippen molar-refractivity contribution < 1.29 is 14.3 Å². The molecule has 3 heterocycles. The van der Waals surface area contributed by atoms with Crippen LogP contribution in [0.1, 0.15) is 11.4 Å². The molecule has 1 aliphatic rings. The molecule has 8 heteroatoms. The summed E-state index contributed by atoms with van der Waals surface area (Å²) >= 11 is 0. The molecule has 126 valence electrons. The summed E-state index contributed by atoms with van der Waals surface area (Å²) in [5.74, 6) is 0.256. The first-order valence-corrected chi connectivity index (χ1v) is 7.59. The van der Waals surface area contributed by atoms with E-state index >= 15 is 0 Å². The predicted molar refractivity (Wildman–Crippen MR) is 86.1 cm³/mol. The number of nitrogens with one attached hydrogen (secondary N) is 2. The van der Waals surface area contributed by atoms with E-state index in [1.165, 1.54) is 6.07 Å². The van der Waals surface area contributed by atoms with Gasteiger partial charge >= 0.3 is 0 Å². The fourth-order valence-corrected chi connectivity index (χ4v) is 2.44. The van der Waals surface area contributed by atoms with E-state index < -0.39 is 6.17 Å². The van der Waals surface area contributed by atoms with E-state index in [9.17, 15) is 9.59 Å². The summed E-state index contributed by atoms with van der Waals surface area (Å²) in [5.41, 5.74) is 4.27. The minimum absolute atomic E-state index is 0.198. The SMILES string of the molecule is O=CNC1COCCc2c(OCc3ccccn3)c(=O)ccn2N1. The molecule has 0 saturated carbocycles. The molecular weight excluding hydrogens is 312 g/mol. The van der Waals surface area contributed by atoms with Crippen LogP contribution in [0.2, 0.25) is 0 Å². The van der Waals surface area contributed by atoms with Crippen LogP contribution in [-0.4, -0.2) is 35.4 Å². The second-order valence-electron chi connectivity index (χ2n) is 5.23. The number of pyridine rings is 2. The Labute approximate surface area is 138 Å². The second kappa shape index (κ2) is 7.60. The fourth-order valence-electron chi connectivity index (χ4n) is 2.44. The zero-order valence-corrected chi connectivity index (χ0v) is 13.0. The number of carbonyl (C=O) groups excluding carboxylic acids is 1.